The first-order valence-corrected chi connectivity index (χ1v) is 6.30. The van der Waals surface area contributed by atoms with Crippen LogP contribution in [0, 0.1) is 13.8 Å². The number of pyridine rings is 1. The predicted octanol–water partition coefficient (Wildman–Crippen LogP) is 5.26. The van der Waals surface area contributed by atoms with Crippen molar-refractivity contribution in [1.29, 1.82) is 0 Å². The first-order chi connectivity index (χ1) is 7.68. The molecule has 0 saturated heterocycles. The molecule has 0 N–H and O–H groups in total. The molecule has 0 aliphatic rings. The fourth-order valence-corrected chi connectivity index (χ4v) is 1.71. The fourth-order valence-electron chi connectivity index (χ4n) is 1.54. The van der Waals surface area contributed by atoms with E-state index in [2.05, 4.69) is 24.3 Å². The lowest BCUT2D eigenvalue weighted by Gasteiger charge is -1.98. The summed E-state index contributed by atoms with van der Waals surface area (Å²) < 4.78 is 2.11. The normalized spacial score (nSPS) is 8.94. The number of halogens is 1. The van der Waals surface area contributed by atoms with Gasteiger partial charge in [0.1, 0.15) is 0 Å². The van der Waals surface area contributed by atoms with E-state index in [0.29, 0.717) is 0 Å². The molecule has 1 nitrogen and oxygen atoms in total. The van der Waals surface area contributed by atoms with Crippen LogP contribution in [0.25, 0.3) is 5.52 Å². The molecule has 0 aliphatic heterocycles. The van der Waals surface area contributed by atoms with Gasteiger partial charge in [0.15, 0.2) is 0 Å². The SMILES string of the molecule is CC.CC.Cc1cc(C)n2cc(Cl)ccc12. The van der Waals surface area contributed by atoms with Crippen molar-refractivity contribution < 1.29 is 0 Å². The maximum Gasteiger partial charge on any atom is 0.0572 e. The molecule has 2 rings (SSSR count). The zero-order chi connectivity index (χ0) is 12.7. The molecule has 90 valence electrons. The van der Waals surface area contributed by atoms with E-state index in [4.69, 9.17) is 11.6 Å². The summed E-state index contributed by atoms with van der Waals surface area (Å²) in [5.41, 5.74) is 3.76. The number of hydrogen-bond acceptors (Lipinski definition) is 0. The van der Waals surface area contributed by atoms with Gasteiger partial charge in [-0.1, -0.05) is 39.3 Å². The maximum atomic E-state index is 5.88. The second-order valence-corrected chi connectivity index (χ2v) is 3.51. The molecule has 0 bridgehead atoms. The average molecular weight is 240 g/mol. The topological polar surface area (TPSA) is 4.41 Å². The minimum absolute atomic E-state index is 0.779. The Morgan fingerprint density at radius 3 is 2.12 bits per heavy atom. The fraction of sp³-hybridized carbons (Fsp3) is 0.429. The van der Waals surface area contributed by atoms with Crippen molar-refractivity contribution in [2.75, 3.05) is 0 Å². The first kappa shape index (κ1) is 15.0. The molecule has 16 heavy (non-hydrogen) atoms. The number of nitrogens with zero attached hydrogens (tertiary/aromatic N) is 1. The van der Waals surface area contributed by atoms with Crippen LogP contribution in [0.3, 0.4) is 0 Å². The Bertz CT molecular complexity index is 429. The van der Waals surface area contributed by atoms with E-state index in [-0.39, 0.29) is 0 Å². The molecule has 0 unspecified atom stereocenters. The molecule has 0 aromatic carbocycles. The van der Waals surface area contributed by atoms with Gasteiger partial charge in [-0.2, -0.15) is 0 Å². The van der Waals surface area contributed by atoms with Gasteiger partial charge in [0.2, 0.25) is 0 Å². The van der Waals surface area contributed by atoms with Crippen molar-refractivity contribution in [1.82, 2.24) is 4.40 Å². The molecule has 2 aromatic heterocycles. The maximum absolute atomic E-state index is 5.88. The van der Waals surface area contributed by atoms with E-state index in [1.807, 2.05) is 46.0 Å². The number of fused-ring (bicyclic) bond motifs is 1. The zero-order valence-electron chi connectivity index (χ0n) is 11.1. The Morgan fingerprint density at radius 2 is 1.56 bits per heavy atom. The highest BCUT2D eigenvalue weighted by atomic mass is 35.5. The van der Waals surface area contributed by atoms with Crippen LogP contribution in [-0.2, 0) is 0 Å². The quantitative estimate of drug-likeness (QED) is 0.591. The van der Waals surface area contributed by atoms with Crippen LogP contribution in [0.15, 0.2) is 24.4 Å². The van der Waals surface area contributed by atoms with Gasteiger partial charge in [-0.15, -0.1) is 0 Å². The van der Waals surface area contributed by atoms with Gasteiger partial charge in [-0.3, -0.25) is 0 Å². The summed E-state index contributed by atoms with van der Waals surface area (Å²) in [5, 5.41) is 0.779. The first-order valence-electron chi connectivity index (χ1n) is 5.92. The van der Waals surface area contributed by atoms with E-state index >= 15 is 0 Å². The van der Waals surface area contributed by atoms with Gasteiger partial charge in [-0.25, -0.2) is 0 Å². The summed E-state index contributed by atoms with van der Waals surface area (Å²) in [6.07, 6.45) is 1.94. The third-order valence-corrected chi connectivity index (χ3v) is 2.35. The molecule has 0 fully saturated rings. The van der Waals surface area contributed by atoms with Crippen LogP contribution in [0.2, 0.25) is 5.02 Å². The van der Waals surface area contributed by atoms with Crippen LogP contribution in [0.4, 0.5) is 0 Å². The Labute approximate surface area is 104 Å². The average Bonchev–Trinajstić information content (AvgIpc) is 2.60. The number of hydrogen-bond donors (Lipinski definition) is 0. The second-order valence-electron chi connectivity index (χ2n) is 3.07. The molecular formula is C14H22ClN. The molecule has 0 aliphatic carbocycles. The Hall–Kier alpha value is -0.950. The zero-order valence-corrected chi connectivity index (χ0v) is 11.9. The molecule has 0 atom stereocenters. The van der Waals surface area contributed by atoms with Gasteiger partial charge in [0.25, 0.3) is 0 Å². The van der Waals surface area contributed by atoms with Crippen molar-refractivity contribution in [2.24, 2.45) is 0 Å². The van der Waals surface area contributed by atoms with E-state index in [1.54, 1.807) is 0 Å². The number of aryl methyl sites for hydroxylation is 2. The predicted molar refractivity (Wildman–Crippen MR) is 74.6 cm³/mol. The van der Waals surface area contributed by atoms with E-state index in [0.717, 1.165) is 5.02 Å². The largest absolute Gasteiger partial charge is 0.319 e. The molecule has 0 saturated carbocycles. The Balaban J connectivity index is 0.000000509. The van der Waals surface area contributed by atoms with Crippen molar-refractivity contribution in [2.45, 2.75) is 41.5 Å². The van der Waals surface area contributed by atoms with Gasteiger partial charge in [-0.05, 0) is 37.6 Å². The highest BCUT2D eigenvalue weighted by molar-refractivity contribution is 6.30. The second kappa shape index (κ2) is 7.34. The van der Waals surface area contributed by atoms with E-state index in [9.17, 15) is 0 Å². The van der Waals surface area contributed by atoms with Crippen LogP contribution >= 0.6 is 11.6 Å². The smallest absolute Gasteiger partial charge is 0.0572 e. The summed E-state index contributed by atoms with van der Waals surface area (Å²) in [6, 6.07) is 6.12. The lowest BCUT2D eigenvalue weighted by atomic mass is 10.3. The molecule has 2 heterocycles. The standard InChI is InChI=1S/C10H10ClN.2C2H6/c1-7-5-8(2)12-6-9(11)3-4-10(7)12;2*1-2/h3-6H,1-2H3;2*1-2H3. The van der Waals surface area contributed by atoms with Gasteiger partial charge in [0, 0.05) is 17.4 Å². The lowest BCUT2D eigenvalue weighted by molar-refractivity contribution is 1.11. The number of aromatic nitrogens is 1. The monoisotopic (exact) mass is 239 g/mol. The lowest BCUT2D eigenvalue weighted by Crippen LogP contribution is -1.85. The molecule has 0 spiro atoms. The van der Waals surface area contributed by atoms with Gasteiger partial charge in [0.05, 0.1) is 5.02 Å². The third-order valence-electron chi connectivity index (χ3n) is 2.12. The minimum Gasteiger partial charge on any atom is -0.319 e. The number of rotatable bonds is 0. The summed E-state index contributed by atoms with van der Waals surface area (Å²) >= 11 is 5.88. The molecule has 0 amide bonds. The Morgan fingerprint density at radius 1 is 1.00 bits per heavy atom. The summed E-state index contributed by atoms with van der Waals surface area (Å²) in [4.78, 5) is 0. The van der Waals surface area contributed by atoms with Crippen LogP contribution in [-0.4, -0.2) is 4.40 Å². The van der Waals surface area contributed by atoms with Crippen LogP contribution < -0.4 is 0 Å². The highest BCUT2D eigenvalue weighted by Crippen LogP contribution is 2.18. The highest BCUT2D eigenvalue weighted by Gasteiger charge is 2.01. The van der Waals surface area contributed by atoms with Crippen molar-refractivity contribution in [3.05, 3.63) is 40.7 Å². The van der Waals surface area contributed by atoms with Crippen LogP contribution in [0.5, 0.6) is 0 Å². The summed E-state index contributed by atoms with van der Waals surface area (Å²) in [5.74, 6) is 0. The van der Waals surface area contributed by atoms with Crippen molar-refractivity contribution in [3.63, 3.8) is 0 Å². The summed E-state index contributed by atoms with van der Waals surface area (Å²) in [7, 11) is 0. The molecule has 2 aromatic rings. The minimum atomic E-state index is 0.779. The molecular weight excluding hydrogens is 218 g/mol. The summed E-state index contributed by atoms with van der Waals surface area (Å²) in [6.45, 7) is 12.2. The van der Waals surface area contributed by atoms with Gasteiger partial charge >= 0.3 is 0 Å². The van der Waals surface area contributed by atoms with Gasteiger partial charge < -0.3 is 4.40 Å². The van der Waals surface area contributed by atoms with Crippen LogP contribution in [0.1, 0.15) is 39.0 Å². The van der Waals surface area contributed by atoms with Crippen molar-refractivity contribution >= 4 is 17.1 Å². The Kier molecular flexibility index (Phi) is 6.91. The van der Waals surface area contributed by atoms with Crippen molar-refractivity contribution in [3.8, 4) is 0 Å². The van der Waals surface area contributed by atoms with E-state index in [1.165, 1.54) is 16.8 Å². The van der Waals surface area contributed by atoms with E-state index < -0.39 is 0 Å². The third kappa shape index (κ3) is 3.28. The molecule has 2 heteroatoms. The molecule has 0 radical (unpaired) electrons.